The van der Waals surface area contributed by atoms with E-state index in [1.54, 1.807) is 6.07 Å². The van der Waals surface area contributed by atoms with Crippen LogP contribution in [0.4, 0.5) is 8.78 Å². The number of fused-ring (bicyclic) bond motifs is 1. The van der Waals surface area contributed by atoms with Crippen molar-refractivity contribution < 1.29 is 8.78 Å². The predicted octanol–water partition coefficient (Wildman–Crippen LogP) is 6.70. The van der Waals surface area contributed by atoms with Gasteiger partial charge in [0.25, 0.3) is 0 Å². The monoisotopic (exact) mass is 352 g/mol. The molecule has 0 heterocycles. The standard InChI is InChI=1S/C24H26F2/c1-2-16-3-5-17(6-4-16)18-7-9-19(10-8-18)20-11-13-22-21(15-20)12-14-23(25)24(22)26/h2,7-10,12,14,16-17,20H,1,3-6,11,13,15H2. The molecule has 2 aliphatic rings. The molecule has 136 valence electrons. The van der Waals surface area contributed by atoms with E-state index >= 15 is 0 Å². The highest BCUT2D eigenvalue weighted by atomic mass is 19.2. The molecule has 0 spiro atoms. The van der Waals surface area contributed by atoms with Crippen LogP contribution in [-0.4, -0.2) is 0 Å². The quantitative estimate of drug-likeness (QED) is 0.539. The Labute approximate surface area is 154 Å². The Morgan fingerprint density at radius 1 is 0.808 bits per heavy atom. The Bertz CT molecular complexity index is 783. The summed E-state index contributed by atoms with van der Waals surface area (Å²) < 4.78 is 27.4. The van der Waals surface area contributed by atoms with Gasteiger partial charge in [-0.05, 0) is 91.0 Å². The van der Waals surface area contributed by atoms with E-state index in [0.717, 1.165) is 18.4 Å². The Morgan fingerprint density at radius 3 is 2.12 bits per heavy atom. The van der Waals surface area contributed by atoms with Gasteiger partial charge in [0.05, 0.1) is 0 Å². The predicted molar refractivity (Wildman–Crippen MR) is 102 cm³/mol. The summed E-state index contributed by atoms with van der Waals surface area (Å²) in [7, 11) is 0. The van der Waals surface area contributed by atoms with Crippen LogP contribution in [0.3, 0.4) is 0 Å². The minimum absolute atomic E-state index is 0.401. The average molecular weight is 352 g/mol. The van der Waals surface area contributed by atoms with Crippen LogP contribution < -0.4 is 0 Å². The topological polar surface area (TPSA) is 0 Å². The van der Waals surface area contributed by atoms with Gasteiger partial charge in [0.2, 0.25) is 0 Å². The summed E-state index contributed by atoms with van der Waals surface area (Å²) in [5.41, 5.74) is 4.31. The summed E-state index contributed by atoms with van der Waals surface area (Å²) in [4.78, 5) is 0. The number of benzene rings is 2. The molecule has 1 unspecified atom stereocenters. The third kappa shape index (κ3) is 3.34. The number of hydrogen-bond acceptors (Lipinski definition) is 0. The molecule has 4 rings (SSSR count). The Morgan fingerprint density at radius 2 is 1.46 bits per heavy atom. The van der Waals surface area contributed by atoms with Crippen LogP contribution in [0.15, 0.2) is 49.1 Å². The van der Waals surface area contributed by atoms with Crippen LogP contribution >= 0.6 is 0 Å². The van der Waals surface area contributed by atoms with Crippen LogP contribution in [-0.2, 0) is 12.8 Å². The molecule has 0 amide bonds. The van der Waals surface area contributed by atoms with Gasteiger partial charge in [-0.2, -0.15) is 0 Å². The van der Waals surface area contributed by atoms with Crippen molar-refractivity contribution in [2.75, 3.05) is 0 Å². The molecular formula is C24H26F2. The Balaban J connectivity index is 1.46. The lowest BCUT2D eigenvalue weighted by Crippen LogP contribution is -2.15. The van der Waals surface area contributed by atoms with Crippen molar-refractivity contribution in [3.63, 3.8) is 0 Å². The van der Waals surface area contributed by atoms with Crippen molar-refractivity contribution in [3.8, 4) is 0 Å². The molecule has 1 saturated carbocycles. The fourth-order valence-corrected chi connectivity index (χ4v) is 4.79. The first kappa shape index (κ1) is 17.5. The van der Waals surface area contributed by atoms with E-state index in [9.17, 15) is 8.78 Å². The highest BCUT2D eigenvalue weighted by Gasteiger charge is 2.25. The van der Waals surface area contributed by atoms with Crippen molar-refractivity contribution in [2.45, 2.75) is 56.8 Å². The first-order valence-corrected chi connectivity index (χ1v) is 9.84. The fraction of sp³-hybridized carbons (Fsp3) is 0.417. The fourth-order valence-electron chi connectivity index (χ4n) is 4.79. The largest absolute Gasteiger partial charge is 0.204 e. The second-order valence-corrected chi connectivity index (χ2v) is 7.95. The maximum atomic E-state index is 13.9. The molecule has 2 heteroatoms. The molecule has 0 aliphatic heterocycles. The lowest BCUT2D eigenvalue weighted by atomic mass is 9.77. The number of halogens is 2. The van der Waals surface area contributed by atoms with E-state index in [0.29, 0.717) is 29.7 Å². The van der Waals surface area contributed by atoms with Crippen molar-refractivity contribution in [3.05, 3.63) is 82.9 Å². The summed E-state index contributed by atoms with van der Waals surface area (Å²) in [6.07, 6.45) is 9.41. The maximum absolute atomic E-state index is 13.9. The van der Waals surface area contributed by atoms with Crippen molar-refractivity contribution >= 4 is 0 Å². The molecular weight excluding hydrogens is 326 g/mol. The molecule has 0 N–H and O–H groups in total. The van der Waals surface area contributed by atoms with Gasteiger partial charge in [0.15, 0.2) is 11.6 Å². The molecule has 1 atom stereocenters. The summed E-state index contributed by atoms with van der Waals surface area (Å²) >= 11 is 0. The van der Waals surface area contributed by atoms with Gasteiger partial charge in [0, 0.05) is 0 Å². The van der Waals surface area contributed by atoms with Gasteiger partial charge in [-0.3, -0.25) is 0 Å². The second kappa shape index (κ2) is 7.34. The van der Waals surface area contributed by atoms with Crippen LogP contribution in [0.1, 0.15) is 66.2 Å². The third-order valence-corrected chi connectivity index (χ3v) is 6.49. The van der Waals surface area contributed by atoms with Crippen LogP contribution in [0.5, 0.6) is 0 Å². The van der Waals surface area contributed by atoms with Crippen molar-refractivity contribution in [1.29, 1.82) is 0 Å². The minimum atomic E-state index is -0.724. The Hall–Kier alpha value is -1.96. The lowest BCUT2D eigenvalue weighted by molar-refractivity contribution is 0.376. The SMILES string of the molecule is C=CC1CCC(c2ccc(C3CCc4c(ccc(F)c4F)C3)cc2)CC1. The van der Waals surface area contributed by atoms with Gasteiger partial charge in [-0.1, -0.05) is 36.4 Å². The normalized spacial score (nSPS) is 25.5. The molecule has 0 bridgehead atoms. The van der Waals surface area contributed by atoms with E-state index in [2.05, 4.69) is 36.9 Å². The molecule has 0 aromatic heterocycles. The highest BCUT2D eigenvalue weighted by Crippen LogP contribution is 2.38. The average Bonchev–Trinajstić information content (AvgIpc) is 2.71. The molecule has 2 aliphatic carbocycles. The number of hydrogen-bond donors (Lipinski definition) is 0. The molecule has 2 aromatic carbocycles. The van der Waals surface area contributed by atoms with Gasteiger partial charge in [-0.25, -0.2) is 8.78 Å². The van der Waals surface area contributed by atoms with Crippen molar-refractivity contribution in [1.82, 2.24) is 0 Å². The van der Waals surface area contributed by atoms with E-state index in [1.165, 1.54) is 42.9 Å². The van der Waals surface area contributed by atoms with Crippen LogP contribution in [0, 0.1) is 17.6 Å². The zero-order valence-corrected chi connectivity index (χ0v) is 15.2. The van der Waals surface area contributed by atoms with Gasteiger partial charge >= 0.3 is 0 Å². The van der Waals surface area contributed by atoms with E-state index in [-0.39, 0.29) is 0 Å². The number of rotatable bonds is 3. The summed E-state index contributed by atoms with van der Waals surface area (Å²) in [5.74, 6) is 0.393. The third-order valence-electron chi connectivity index (χ3n) is 6.49. The molecule has 0 nitrogen and oxygen atoms in total. The first-order chi connectivity index (χ1) is 12.7. The number of allylic oxidation sites excluding steroid dienone is 1. The highest BCUT2D eigenvalue weighted by molar-refractivity contribution is 5.36. The molecule has 2 aromatic rings. The van der Waals surface area contributed by atoms with Crippen molar-refractivity contribution in [2.24, 2.45) is 5.92 Å². The molecule has 1 fully saturated rings. The summed E-state index contributed by atoms with van der Waals surface area (Å²) in [6.45, 7) is 3.93. The summed E-state index contributed by atoms with van der Waals surface area (Å²) in [5, 5.41) is 0. The zero-order valence-electron chi connectivity index (χ0n) is 15.2. The molecule has 0 radical (unpaired) electrons. The van der Waals surface area contributed by atoms with Gasteiger partial charge in [0.1, 0.15) is 0 Å². The van der Waals surface area contributed by atoms with E-state index < -0.39 is 11.6 Å². The van der Waals surface area contributed by atoms with Crippen LogP contribution in [0.2, 0.25) is 0 Å². The summed E-state index contributed by atoms with van der Waals surface area (Å²) in [6, 6.07) is 12.1. The Kier molecular flexibility index (Phi) is 4.93. The maximum Gasteiger partial charge on any atom is 0.162 e. The van der Waals surface area contributed by atoms with Gasteiger partial charge < -0.3 is 0 Å². The first-order valence-electron chi connectivity index (χ1n) is 9.84. The minimum Gasteiger partial charge on any atom is -0.204 e. The van der Waals surface area contributed by atoms with E-state index in [1.807, 2.05) is 0 Å². The van der Waals surface area contributed by atoms with Gasteiger partial charge in [-0.15, -0.1) is 6.58 Å². The van der Waals surface area contributed by atoms with Crippen LogP contribution in [0.25, 0.3) is 0 Å². The molecule has 26 heavy (non-hydrogen) atoms. The second-order valence-electron chi connectivity index (χ2n) is 7.95. The smallest absolute Gasteiger partial charge is 0.162 e. The van der Waals surface area contributed by atoms with E-state index in [4.69, 9.17) is 0 Å². The zero-order chi connectivity index (χ0) is 18.1. The molecule has 0 saturated heterocycles. The lowest BCUT2D eigenvalue weighted by Gasteiger charge is -2.28.